The zero-order valence-corrected chi connectivity index (χ0v) is 9.27. The summed E-state index contributed by atoms with van der Waals surface area (Å²) in [5.74, 6) is 1.50. The van der Waals surface area contributed by atoms with E-state index in [1.54, 1.807) is 0 Å². The molecule has 0 saturated heterocycles. The van der Waals surface area contributed by atoms with Gasteiger partial charge < -0.3 is 0 Å². The largest absolute Gasteiger partial charge is 0.0882 e. The topological polar surface area (TPSA) is 0 Å². The van der Waals surface area contributed by atoms with Crippen LogP contribution in [0.2, 0.25) is 0 Å². The normalized spacial score (nSPS) is 25.9. The first-order chi connectivity index (χ1) is 7.36. The van der Waals surface area contributed by atoms with Crippen LogP contribution in [-0.4, -0.2) is 0 Å². The Morgan fingerprint density at radius 3 is 2.53 bits per heavy atom. The van der Waals surface area contributed by atoms with Gasteiger partial charge in [-0.2, -0.15) is 0 Å². The van der Waals surface area contributed by atoms with Crippen LogP contribution in [0.4, 0.5) is 0 Å². The minimum absolute atomic E-state index is 0.718. The molecule has 0 fully saturated rings. The number of hydrogen-bond donors (Lipinski definition) is 0. The molecule has 0 spiro atoms. The molecule has 15 heavy (non-hydrogen) atoms. The van der Waals surface area contributed by atoms with E-state index >= 15 is 0 Å². The highest BCUT2D eigenvalue weighted by Gasteiger charge is 2.14. The van der Waals surface area contributed by atoms with E-state index in [1.807, 2.05) is 0 Å². The molecule has 0 heteroatoms. The molecule has 2 atom stereocenters. The zero-order chi connectivity index (χ0) is 10.5. The molecule has 0 N–H and O–H groups in total. The van der Waals surface area contributed by atoms with E-state index in [0.29, 0.717) is 0 Å². The molecule has 0 aromatic heterocycles. The second-order valence-corrected chi connectivity index (χ2v) is 4.35. The second-order valence-electron chi connectivity index (χ2n) is 4.35. The molecule has 0 bridgehead atoms. The molecule has 78 valence electrons. The summed E-state index contributed by atoms with van der Waals surface area (Å²) in [5, 5.41) is 0. The minimum atomic E-state index is 0.718. The lowest BCUT2D eigenvalue weighted by molar-refractivity contribution is 0.421. The highest BCUT2D eigenvalue weighted by Crippen LogP contribution is 2.26. The molecule has 0 radical (unpaired) electrons. The second kappa shape index (κ2) is 4.97. The summed E-state index contributed by atoms with van der Waals surface area (Å²) in [4.78, 5) is 0. The number of allylic oxidation sites excluding steroid dienone is 3. The van der Waals surface area contributed by atoms with Crippen LogP contribution in [0, 0.1) is 11.8 Å². The first kappa shape index (κ1) is 10.2. The van der Waals surface area contributed by atoms with Crippen molar-refractivity contribution in [3.8, 4) is 0 Å². The Kier molecular flexibility index (Phi) is 3.39. The number of rotatable bonds is 2. The Morgan fingerprint density at radius 1 is 1.07 bits per heavy atom. The predicted octanol–water partition coefficient (Wildman–Crippen LogP) is 4.30. The summed E-state index contributed by atoms with van der Waals surface area (Å²) in [6, 6.07) is 10.5. The Hall–Kier alpha value is -1.30. The van der Waals surface area contributed by atoms with Crippen molar-refractivity contribution in [2.45, 2.75) is 19.8 Å². The summed E-state index contributed by atoms with van der Waals surface area (Å²) >= 11 is 0. The van der Waals surface area contributed by atoms with Crippen LogP contribution in [0.5, 0.6) is 0 Å². The third-order valence-electron chi connectivity index (χ3n) is 3.15. The van der Waals surface area contributed by atoms with E-state index in [9.17, 15) is 0 Å². The van der Waals surface area contributed by atoms with Gasteiger partial charge in [0.2, 0.25) is 0 Å². The lowest BCUT2D eigenvalue weighted by atomic mass is 9.84. The van der Waals surface area contributed by atoms with Crippen molar-refractivity contribution < 1.29 is 0 Å². The van der Waals surface area contributed by atoms with E-state index < -0.39 is 0 Å². The molecular weight excluding hydrogens is 180 g/mol. The third kappa shape index (κ3) is 2.82. The molecule has 1 aliphatic rings. The monoisotopic (exact) mass is 198 g/mol. The third-order valence-corrected chi connectivity index (χ3v) is 3.15. The minimum Gasteiger partial charge on any atom is -0.0882 e. The zero-order valence-electron chi connectivity index (χ0n) is 9.27. The summed E-state index contributed by atoms with van der Waals surface area (Å²) in [6.07, 6.45) is 11.6. The van der Waals surface area contributed by atoms with Crippen molar-refractivity contribution in [1.82, 2.24) is 0 Å². The van der Waals surface area contributed by atoms with Crippen LogP contribution in [0.1, 0.15) is 25.3 Å². The van der Waals surface area contributed by atoms with Gasteiger partial charge in [0.15, 0.2) is 0 Å². The maximum absolute atomic E-state index is 2.36. The molecule has 0 aliphatic heterocycles. The molecule has 1 aliphatic carbocycles. The first-order valence-corrected chi connectivity index (χ1v) is 5.74. The van der Waals surface area contributed by atoms with Gasteiger partial charge in [-0.1, -0.05) is 61.6 Å². The Labute approximate surface area is 92.3 Å². The Bertz CT molecular complexity index is 346. The van der Waals surface area contributed by atoms with Crippen LogP contribution in [-0.2, 0) is 0 Å². The van der Waals surface area contributed by atoms with E-state index in [-0.39, 0.29) is 0 Å². The van der Waals surface area contributed by atoms with Crippen molar-refractivity contribution in [2.24, 2.45) is 11.8 Å². The van der Waals surface area contributed by atoms with Crippen LogP contribution in [0.3, 0.4) is 0 Å². The van der Waals surface area contributed by atoms with Gasteiger partial charge in [-0.15, -0.1) is 0 Å². The Morgan fingerprint density at radius 2 is 1.80 bits per heavy atom. The van der Waals surface area contributed by atoms with Gasteiger partial charge in [-0.3, -0.25) is 0 Å². The summed E-state index contributed by atoms with van der Waals surface area (Å²) in [6.45, 7) is 2.34. The maximum atomic E-state index is 2.36. The maximum Gasteiger partial charge on any atom is -0.0167 e. The standard InChI is InChI=1S/C15H18/c1-13-7-5-6-10-15(13)12-11-14-8-3-2-4-9-14/h2-6,8-9,11-13,15H,7,10H2,1H3. The average Bonchev–Trinajstić information content (AvgIpc) is 2.29. The van der Waals surface area contributed by atoms with Crippen molar-refractivity contribution >= 4 is 6.08 Å². The Balaban J connectivity index is 2.02. The lowest BCUT2D eigenvalue weighted by Crippen LogP contribution is -2.10. The summed E-state index contributed by atoms with van der Waals surface area (Å²) < 4.78 is 0. The van der Waals surface area contributed by atoms with Crippen LogP contribution in [0.15, 0.2) is 48.6 Å². The highest BCUT2D eigenvalue weighted by atomic mass is 14.2. The smallest absolute Gasteiger partial charge is 0.0167 e. The fourth-order valence-corrected chi connectivity index (χ4v) is 2.04. The molecule has 0 heterocycles. The van der Waals surface area contributed by atoms with Crippen LogP contribution < -0.4 is 0 Å². The molecule has 1 aromatic carbocycles. The highest BCUT2D eigenvalue weighted by molar-refractivity contribution is 5.49. The van der Waals surface area contributed by atoms with Gasteiger partial charge in [0.05, 0.1) is 0 Å². The fourth-order valence-electron chi connectivity index (χ4n) is 2.04. The van der Waals surface area contributed by atoms with Gasteiger partial charge in [-0.25, -0.2) is 0 Å². The summed E-state index contributed by atoms with van der Waals surface area (Å²) in [5.41, 5.74) is 1.30. The van der Waals surface area contributed by atoms with Crippen LogP contribution in [0.25, 0.3) is 6.08 Å². The van der Waals surface area contributed by atoms with Gasteiger partial charge in [0.25, 0.3) is 0 Å². The van der Waals surface area contributed by atoms with E-state index in [1.165, 1.54) is 18.4 Å². The van der Waals surface area contributed by atoms with Crippen molar-refractivity contribution in [2.75, 3.05) is 0 Å². The van der Waals surface area contributed by atoms with Crippen molar-refractivity contribution in [3.63, 3.8) is 0 Å². The SMILES string of the molecule is CC1CC=CCC1C=Cc1ccccc1. The molecule has 0 saturated carbocycles. The summed E-state index contributed by atoms with van der Waals surface area (Å²) in [7, 11) is 0. The van der Waals surface area contributed by atoms with Gasteiger partial charge in [0, 0.05) is 0 Å². The number of hydrogen-bond acceptors (Lipinski definition) is 0. The fraction of sp³-hybridized carbons (Fsp3) is 0.333. The lowest BCUT2D eigenvalue weighted by Gasteiger charge is -2.21. The molecule has 2 rings (SSSR count). The first-order valence-electron chi connectivity index (χ1n) is 5.74. The van der Waals surface area contributed by atoms with E-state index in [0.717, 1.165) is 11.8 Å². The van der Waals surface area contributed by atoms with Gasteiger partial charge in [0.1, 0.15) is 0 Å². The number of benzene rings is 1. The molecule has 2 unspecified atom stereocenters. The van der Waals surface area contributed by atoms with Crippen molar-refractivity contribution in [1.29, 1.82) is 0 Å². The predicted molar refractivity (Wildman–Crippen MR) is 66.5 cm³/mol. The van der Waals surface area contributed by atoms with Crippen molar-refractivity contribution in [3.05, 3.63) is 54.1 Å². The average molecular weight is 198 g/mol. The van der Waals surface area contributed by atoms with Gasteiger partial charge in [-0.05, 0) is 30.2 Å². The molecule has 0 amide bonds. The van der Waals surface area contributed by atoms with E-state index in [4.69, 9.17) is 0 Å². The molecular formula is C15H18. The van der Waals surface area contributed by atoms with Crippen LogP contribution >= 0.6 is 0 Å². The van der Waals surface area contributed by atoms with E-state index in [2.05, 4.69) is 61.6 Å². The van der Waals surface area contributed by atoms with Gasteiger partial charge >= 0.3 is 0 Å². The molecule has 0 nitrogen and oxygen atoms in total. The quantitative estimate of drug-likeness (QED) is 0.621. The molecule has 1 aromatic rings.